The third-order valence-electron chi connectivity index (χ3n) is 7.47. The van der Waals surface area contributed by atoms with Crippen molar-refractivity contribution >= 4 is 29.2 Å². The number of benzene rings is 2. The molecule has 3 aromatic rings. The number of rotatable bonds is 7. The summed E-state index contributed by atoms with van der Waals surface area (Å²) in [4.78, 5) is 31.0. The summed E-state index contributed by atoms with van der Waals surface area (Å²) >= 11 is 1.19. The van der Waals surface area contributed by atoms with Gasteiger partial charge in [0.25, 0.3) is 6.43 Å². The lowest BCUT2D eigenvalue weighted by molar-refractivity contribution is -0.151. The largest absolute Gasteiger partial charge is 0.488 e. The SMILES string of the molecule is COC(=O)[C@H]1C[C@H](Oc2ccc(C(F)F)cc2NC(=O)N2CC[C@](c3ccc(C)c(F)c3)(c3ncns3)C2)C1. The topological polar surface area (TPSA) is 93.6 Å². The van der Waals surface area contributed by atoms with E-state index in [1.807, 2.05) is 6.07 Å². The van der Waals surface area contributed by atoms with Gasteiger partial charge >= 0.3 is 12.0 Å². The predicted molar refractivity (Wildman–Crippen MR) is 138 cm³/mol. The van der Waals surface area contributed by atoms with Gasteiger partial charge in [0, 0.05) is 18.7 Å². The first-order valence-electron chi connectivity index (χ1n) is 12.5. The third kappa shape index (κ3) is 5.29. The van der Waals surface area contributed by atoms with Gasteiger partial charge in [0.15, 0.2) is 0 Å². The lowest BCUT2D eigenvalue weighted by Gasteiger charge is -2.34. The number of halogens is 3. The zero-order valence-electron chi connectivity index (χ0n) is 21.3. The molecule has 206 valence electrons. The minimum Gasteiger partial charge on any atom is -0.488 e. The first-order valence-corrected chi connectivity index (χ1v) is 13.2. The van der Waals surface area contributed by atoms with E-state index in [1.165, 1.54) is 49.2 Å². The third-order valence-corrected chi connectivity index (χ3v) is 8.34. The van der Waals surface area contributed by atoms with Crippen LogP contribution in [-0.4, -0.2) is 52.6 Å². The molecule has 1 aliphatic carbocycles. The van der Waals surface area contributed by atoms with E-state index in [2.05, 4.69) is 14.7 Å². The lowest BCUT2D eigenvalue weighted by Crippen LogP contribution is -2.39. The molecule has 12 heteroatoms. The van der Waals surface area contributed by atoms with Crippen molar-refractivity contribution in [2.45, 2.75) is 44.1 Å². The number of esters is 1. The maximum Gasteiger partial charge on any atom is 0.321 e. The van der Waals surface area contributed by atoms with Crippen LogP contribution in [0.25, 0.3) is 0 Å². The Balaban J connectivity index is 1.36. The highest BCUT2D eigenvalue weighted by Crippen LogP contribution is 2.42. The summed E-state index contributed by atoms with van der Waals surface area (Å²) in [6.45, 7) is 2.21. The Morgan fingerprint density at radius 2 is 2.00 bits per heavy atom. The average molecular weight is 561 g/mol. The second-order valence-corrected chi connectivity index (χ2v) is 10.7. The van der Waals surface area contributed by atoms with Crippen molar-refractivity contribution < 1.29 is 32.2 Å². The number of likely N-dealkylation sites (tertiary alicyclic amines) is 1. The molecular weight excluding hydrogens is 533 g/mol. The van der Waals surface area contributed by atoms with Crippen molar-refractivity contribution in [3.63, 3.8) is 0 Å². The van der Waals surface area contributed by atoms with Crippen molar-refractivity contribution in [3.8, 4) is 5.75 Å². The number of carbonyl (C=O) groups is 2. The predicted octanol–water partition coefficient (Wildman–Crippen LogP) is 5.48. The van der Waals surface area contributed by atoms with Crippen molar-refractivity contribution in [1.82, 2.24) is 14.3 Å². The standard InChI is InChI=1S/C27H27F3N4O4S/c1-15-3-5-18(12-20(15)28)27(25-31-14-32-39-25)7-8-34(13-27)26(36)33-21-11-16(23(29)30)4-6-22(21)38-19-9-17(10-19)24(35)37-2/h3-6,11-12,14,17,19,23H,7-10,13H2,1-2H3,(H,33,36)/t17-,19-,27-/m0/s1. The van der Waals surface area contributed by atoms with E-state index in [4.69, 9.17) is 9.47 Å². The van der Waals surface area contributed by atoms with Gasteiger partial charge in [0.1, 0.15) is 29.0 Å². The summed E-state index contributed by atoms with van der Waals surface area (Å²) in [7, 11) is 1.32. The average Bonchev–Trinajstić information content (AvgIpc) is 3.59. The Labute approximate surface area is 227 Å². The number of urea groups is 1. The smallest absolute Gasteiger partial charge is 0.321 e. The molecule has 2 aromatic carbocycles. The highest BCUT2D eigenvalue weighted by molar-refractivity contribution is 7.05. The summed E-state index contributed by atoms with van der Waals surface area (Å²) in [6.07, 6.45) is -0.277. The summed E-state index contributed by atoms with van der Waals surface area (Å²) in [5, 5.41) is 3.39. The zero-order chi connectivity index (χ0) is 27.7. The van der Waals surface area contributed by atoms with E-state index in [1.54, 1.807) is 17.9 Å². The highest BCUT2D eigenvalue weighted by Gasteiger charge is 2.45. The Morgan fingerprint density at radius 1 is 1.21 bits per heavy atom. The van der Waals surface area contributed by atoms with Gasteiger partial charge in [-0.05, 0) is 73.1 Å². The number of amides is 2. The van der Waals surface area contributed by atoms with E-state index in [0.29, 0.717) is 41.9 Å². The van der Waals surface area contributed by atoms with E-state index < -0.39 is 17.9 Å². The molecule has 1 aromatic heterocycles. The van der Waals surface area contributed by atoms with E-state index >= 15 is 0 Å². The van der Waals surface area contributed by atoms with Crippen LogP contribution in [0.1, 0.15) is 47.4 Å². The molecule has 0 radical (unpaired) electrons. The van der Waals surface area contributed by atoms with Gasteiger partial charge in [-0.25, -0.2) is 22.9 Å². The van der Waals surface area contributed by atoms with Crippen LogP contribution in [0.4, 0.5) is 23.7 Å². The molecule has 2 fully saturated rings. The number of nitrogens with zero attached hydrogens (tertiary/aromatic N) is 3. The minimum atomic E-state index is -2.74. The number of alkyl halides is 2. The lowest BCUT2D eigenvalue weighted by atomic mass is 9.80. The molecule has 2 aliphatic rings. The Hall–Kier alpha value is -3.67. The fourth-order valence-corrected chi connectivity index (χ4v) is 5.82. The van der Waals surface area contributed by atoms with Gasteiger partial charge in [0.2, 0.25) is 0 Å². The number of hydrogen-bond acceptors (Lipinski definition) is 7. The number of carbonyl (C=O) groups excluding carboxylic acids is 2. The number of methoxy groups -OCH3 is 1. The van der Waals surface area contributed by atoms with Gasteiger partial charge in [-0.2, -0.15) is 4.37 Å². The van der Waals surface area contributed by atoms with E-state index in [-0.39, 0.29) is 47.4 Å². The Morgan fingerprint density at radius 3 is 2.67 bits per heavy atom. The molecule has 0 spiro atoms. The van der Waals surface area contributed by atoms with Crippen LogP contribution >= 0.6 is 11.5 Å². The molecule has 1 atom stereocenters. The number of aromatic nitrogens is 2. The molecule has 5 rings (SSSR count). The number of ether oxygens (including phenoxy) is 2. The van der Waals surface area contributed by atoms with Crippen molar-refractivity contribution in [1.29, 1.82) is 0 Å². The zero-order valence-corrected chi connectivity index (χ0v) is 22.1. The fraction of sp³-hybridized carbons (Fsp3) is 0.407. The Bertz CT molecular complexity index is 1370. The summed E-state index contributed by atoms with van der Waals surface area (Å²) < 4.78 is 56.3. The van der Waals surface area contributed by atoms with Crippen LogP contribution in [-0.2, 0) is 14.9 Å². The van der Waals surface area contributed by atoms with E-state index in [0.717, 1.165) is 0 Å². The van der Waals surface area contributed by atoms with Gasteiger partial charge in [-0.1, -0.05) is 12.1 Å². The summed E-state index contributed by atoms with van der Waals surface area (Å²) in [6, 6.07) is 8.32. The molecule has 0 bridgehead atoms. The minimum absolute atomic E-state index is 0.106. The molecule has 2 amide bonds. The molecule has 1 saturated heterocycles. The van der Waals surface area contributed by atoms with Gasteiger partial charge in [-0.3, -0.25) is 4.79 Å². The first kappa shape index (κ1) is 26.9. The maximum absolute atomic E-state index is 14.5. The molecule has 1 saturated carbocycles. The van der Waals surface area contributed by atoms with Crippen molar-refractivity contribution in [2.75, 3.05) is 25.5 Å². The molecule has 1 aliphatic heterocycles. The van der Waals surface area contributed by atoms with Crippen LogP contribution in [0, 0.1) is 18.7 Å². The fourth-order valence-electron chi connectivity index (χ4n) is 5.07. The molecule has 39 heavy (non-hydrogen) atoms. The number of aryl methyl sites for hydroxylation is 1. The molecular formula is C27H27F3N4O4S. The van der Waals surface area contributed by atoms with Crippen LogP contribution in [0.5, 0.6) is 5.75 Å². The van der Waals surface area contributed by atoms with Crippen molar-refractivity contribution in [3.05, 3.63) is 70.2 Å². The van der Waals surface area contributed by atoms with Gasteiger partial charge in [-0.15, -0.1) is 0 Å². The number of anilines is 1. The number of nitrogens with one attached hydrogen (secondary N) is 1. The normalized spacial score (nSPS) is 22.5. The van der Waals surface area contributed by atoms with Crippen molar-refractivity contribution in [2.24, 2.45) is 5.92 Å². The summed E-state index contributed by atoms with van der Waals surface area (Å²) in [5.74, 6) is -0.715. The van der Waals surface area contributed by atoms with Gasteiger partial charge < -0.3 is 19.7 Å². The van der Waals surface area contributed by atoms with Crippen LogP contribution in [0.2, 0.25) is 0 Å². The van der Waals surface area contributed by atoms with Gasteiger partial charge in [0.05, 0.1) is 24.1 Å². The maximum atomic E-state index is 14.5. The van der Waals surface area contributed by atoms with E-state index in [9.17, 15) is 22.8 Å². The monoisotopic (exact) mass is 560 g/mol. The molecule has 8 nitrogen and oxygen atoms in total. The molecule has 0 unspecified atom stereocenters. The quantitative estimate of drug-likeness (QED) is 0.385. The highest BCUT2D eigenvalue weighted by atomic mass is 32.1. The second kappa shape index (κ2) is 10.8. The second-order valence-electron chi connectivity index (χ2n) is 9.88. The summed E-state index contributed by atoms with van der Waals surface area (Å²) in [5.41, 5.74) is 0.278. The molecule has 2 heterocycles. The van der Waals surface area contributed by atoms with Crippen LogP contribution < -0.4 is 10.1 Å². The Kier molecular flexibility index (Phi) is 7.48. The van der Waals surface area contributed by atoms with Crippen LogP contribution in [0.3, 0.4) is 0 Å². The molecule has 1 N–H and O–H groups in total. The number of hydrogen-bond donors (Lipinski definition) is 1. The van der Waals surface area contributed by atoms with Crippen LogP contribution in [0.15, 0.2) is 42.7 Å². The first-order chi connectivity index (χ1) is 18.7.